The first-order valence-corrected chi connectivity index (χ1v) is 5.34. The maximum atomic E-state index is 4.19. The molecule has 1 heterocycles. The van der Waals surface area contributed by atoms with Gasteiger partial charge in [-0.1, -0.05) is 43.7 Å². The summed E-state index contributed by atoms with van der Waals surface area (Å²) < 4.78 is 0. The molecule has 0 spiro atoms. The quantitative estimate of drug-likeness (QED) is 0.628. The summed E-state index contributed by atoms with van der Waals surface area (Å²) >= 11 is 0. The number of rotatable bonds is 2. The van der Waals surface area contributed by atoms with Crippen molar-refractivity contribution in [3.05, 3.63) is 36.1 Å². The molecule has 2 rings (SSSR count). The predicted molar refractivity (Wildman–Crippen MR) is 61.3 cm³/mol. The Labute approximate surface area is 85.9 Å². The standard InChI is InChI=1S/C13H17N/c1-10(2)8-11-4-3-5-12-9-14-7-6-13(11)12/h3-7,9-10,12-13H,8H2,1-2H3. The molecule has 0 bridgehead atoms. The highest BCUT2D eigenvalue weighted by Crippen LogP contribution is 2.32. The summed E-state index contributed by atoms with van der Waals surface area (Å²) in [5.41, 5.74) is 1.55. The normalized spacial score (nSPS) is 29.2. The zero-order chi connectivity index (χ0) is 9.97. The van der Waals surface area contributed by atoms with Gasteiger partial charge in [-0.2, -0.15) is 0 Å². The lowest BCUT2D eigenvalue weighted by molar-refractivity contribution is 0.558. The van der Waals surface area contributed by atoms with Crippen LogP contribution in [0.4, 0.5) is 0 Å². The van der Waals surface area contributed by atoms with Gasteiger partial charge in [0.1, 0.15) is 0 Å². The fourth-order valence-electron chi connectivity index (χ4n) is 2.15. The van der Waals surface area contributed by atoms with Crippen molar-refractivity contribution in [3.63, 3.8) is 0 Å². The third kappa shape index (κ3) is 1.87. The van der Waals surface area contributed by atoms with Crippen molar-refractivity contribution in [2.24, 2.45) is 22.7 Å². The van der Waals surface area contributed by atoms with Crippen molar-refractivity contribution in [1.29, 1.82) is 0 Å². The van der Waals surface area contributed by atoms with Gasteiger partial charge in [-0.3, -0.25) is 4.99 Å². The molecule has 2 unspecified atom stereocenters. The number of allylic oxidation sites excluding steroid dienone is 5. The Hall–Kier alpha value is -1.11. The van der Waals surface area contributed by atoms with Gasteiger partial charge < -0.3 is 0 Å². The summed E-state index contributed by atoms with van der Waals surface area (Å²) in [6.07, 6.45) is 14.1. The Morgan fingerprint density at radius 3 is 3.00 bits per heavy atom. The zero-order valence-corrected chi connectivity index (χ0v) is 8.85. The molecule has 1 aliphatic heterocycles. The maximum absolute atomic E-state index is 4.19. The van der Waals surface area contributed by atoms with Crippen molar-refractivity contribution in [1.82, 2.24) is 0 Å². The minimum absolute atomic E-state index is 0.499. The molecule has 1 aliphatic carbocycles. The molecule has 0 amide bonds. The van der Waals surface area contributed by atoms with Crippen LogP contribution >= 0.6 is 0 Å². The second-order valence-electron chi connectivity index (χ2n) is 4.47. The van der Waals surface area contributed by atoms with Crippen LogP contribution in [-0.4, -0.2) is 6.21 Å². The van der Waals surface area contributed by atoms with E-state index < -0.39 is 0 Å². The third-order valence-corrected chi connectivity index (χ3v) is 2.77. The van der Waals surface area contributed by atoms with Crippen molar-refractivity contribution in [2.45, 2.75) is 20.3 Å². The second-order valence-corrected chi connectivity index (χ2v) is 4.47. The van der Waals surface area contributed by atoms with Crippen LogP contribution < -0.4 is 0 Å². The summed E-state index contributed by atoms with van der Waals surface area (Å²) in [7, 11) is 0. The van der Waals surface area contributed by atoms with E-state index in [9.17, 15) is 0 Å². The van der Waals surface area contributed by atoms with Gasteiger partial charge >= 0.3 is 0 Å². The largest absolute Gasteiger partial charge is 0.269 e. The van der Waals surface area contributed by atoms with Gasteiger partial charge in [-0.25, -0.2) is 0 Å². The van der Waals surface area contributed by atoms with E-state index in [1.165, 1.54) is 6.42 Å². The van der Waals surface area contributed by atoms with E-state index in [0.29, 0.717) is 11.8 Å². The Morgan fingerprint density at radius 1 is 1.36 bits per heavy atom. The van der Waals surface area contributed by atoms with Crippen molar-refractivity contribution < 1.29 is 0 Å². The first-order valence-electron chi connectivity index (χ1n) is 5.34. The minimum atomic E-state index is 0.499. The fraction of sp³-hybridized carbons (Fsp3) is 0.462. The van der Waals surface area contributed by atoms with E-state index in [1.54, 1.807) is 5.57 Å². The predicted octanol–water partition coefficient (Wildman–Crippen LogP) is 3.36. The van der Waals surface area contributed by atoms with Crippen LogP contribution in [-0.2, 0) is 0 Å². The van der Waals surface area contributed by atoms with Gasteiger partial charge in [0.05, 0.1) is 0 Å². The molecule has 0 saturated heterocycles. The summed E-state index contributed by atoms with van der Waals surface area (Å²) in [6.45, 7) is 4.55. The van der Waals surface area contributed by atoms with Gasteiger partial charge in [0.25, 0.3) is 0 Å². The lowest BCUT2D eigenvalue weighted by Crippen LogP contribution is -2.19. The van der Waals surface area contributed by atoms with Crippen molar-refractivity contribution in [3.8, 4) is 0 Å². The van der Waals surface area contributed by atoms with Gasteiger partial charge in [-0.15, -0.1) is 0 Å². The molecule has 1 nitrogen and oxygen atoms in total. The van der Waals surface area contributed by atoms with Gasteiger partial charge in [-0.05, 0) is 12.3 Å². The number of nitrogens with zero attached hydrogens (tertiary/aromatic N) is 1. The molecule has 0 aromatic heterocycles. The molecule has 0 fully saturated rings. The Balaban J connectivity index is 2.16. The topological polar surface area (TPSA) is 12.4 Å². The Morgan fingerprint density at radius 2 is 2.21 bits per heavy atom. The third-order valence-electron chi connectivity index (χ3n) is 2.77. The highest BCUT2D eigenvalue weighted by atomic mass is 14.7. The van der Waals surface area contributed by atoms with Crippen LogP contribution in [0.1, 0.15) is 20.3 Å². The molecule has 0 aromatic rings. The molecule has 2 aliphatic rings. The number of hydrogen-bond acceptors (Lipinski definition) is 1. The highest BCUT2D eigenvalue weighted by Gasteiger charge is 2.23. The summed E-state index contributed by atoms with van der Waals surface area (Å²) in [5.74, 6) is 1.80. The van der Waals surface area contributed by atoms with E-state index in [0.717, 1.165) is 5.92 Å². The SMILES string of the molecule is CC(C)CC1=CC=CC2C=NC=CC12. The van der Waals surface area contributed by atoms with Crippen molar-refractivity contribution >= 4 is 6.21 Å². The Kier molecular flexibility index (Phi) is 2.67. The average Bonchev–Trinajstić information content (AvgIpc) is 2.18. The molecule has 0 aromatic carbocycles. The zero-order valence-electron chi connectivity index (χ0n) is 8.85. The van der Waals surface area contributed by atoms with Crippen molar-refractivity contribution in [2.75, 3.05) is 0 Å². The molecule has 14 heavy (non-hydrogen) atoms. The summed E-state index contributed by atoms with van der Waals surface area (Å²) in [4.78, 5) is 4.19. The summed E-state index contributed by atoms with van der Waals surface area (Å²) in [6, 6.07) is 0. The summed E-state index contributed by atoms with van der Waals surface area (Å²) in [5, 5.41) is 0. The van der Waals surface area contributed by atoms with Crippen LogP contribution in [0.15, 0.2) is 41.1 Å². The van der Waals surface area contributed by atoms with E-state index >= 15 is 0 Å². The molecule has 0 N–H and O–H groups in total. The molecular formula is C13H17N. The molecule has 0 radical (unpaired) electrons. The number of hydrogen-bond donors (Lipinski definition) is 0. The van der Waals surface area contributed by atoms with E-state index in [1.807, 2.05) is 6.20 Å². The minimum Gasteiger partial charge on any atom is -0.269 e. The van der Waals surface area contributed by atoms with Crippen LogP contribution in [0.3, 0.4) is 0 Å². The number of aliphatic imine (C=N–C) groups is 1. The lowest BCUT2D eigenvalue weighted by atomic mass is 9.79. The Bertz CT molecular complexity index is 318. The molecule has 74 valence electrons. The van der Waals surface area contributed by atoms with Crippen LogP contribution in [0.2, 0.25) is 0 Å². The molecular weight excluding hydrogens is 170 g/mol. The van der Waals surface area contributed by atoms with Crippen LogP contribution in [0.25, 0.3) is 0 Å². The maximum Gasteiger partial charge on any atom is 0.0230 e. The smallest absolute Gasteiger partial charge is 0.0230 e. The number of fused-ring (bicyclic) bond motifs is 1. The first-order chi connectivity index (χ1) is 6.77. The highest BCUT2D eigenvalue weighted by molar-refractivity contribution is 5.68. The van der Waals surface area contributed by atoms with E-state index in [2.05, 4.69) is 49.4 Å². The molecule has 0 saturated carbocycles. The first kappa shape index (κ1) is 9.45. The van der Waals surface area contributed by atoms with Gasteiger partial charge in [0, 0.05) is 24.3 Å². The molecule has 2 atom stereocenters. The van der Waals surface area contributed by atoms with Gasteiger partial charge in [0.2, 0.25) is 0 Å². The monoisotopic (exact) mass is 187 g/mol. The fourth-order valence-corrected chi connectivity index (χ4v) is 2.15. The van der Waals surface area contributed by atoms with Crippen LogP contribution in [0.5, 0.6) is 0 Å². The van der Waals surface area contributed by atoms with E-state index in [4.69, 9.17) is 0 Å². The second kappa shape index (κ2) is 3.95. The average molecular weight is 187 g/mol. The molecule has 1 heteroatoms. The van der Waals surface area contributed by atoms with Gasteiger partial charge in [0.15, 0.2) is 0 Å². The lowest BCUT2D eigenvalue weighted by Gasteiger charge is -2.27. The van der Waals surface area contributed by atoms with E-state index in [-0.39, 0.29) is 0 Å². The van der Waals surface area contributed by atoms with Crippen LogP contribution in [0, 0.1) is 17.8 Å².